The molecule has 0 bridgehead atoms. The lowest BCUT2D eigenvalue weighted by Crippen LogP contribution is -2.60. The number of ether oxygens (including phenoxy) is 5. The number of aliphatic hydroxyl groups excluding tert-OH is 1. The second-order valence-electron chi connectivity index (χ2n) is 17.8. The highest BCUT2D eigenvalue weighted by Crippen LogP contribution is 2.42. The number of aliphatic imine (C=N–C) groups is 1. The van der Waals surface area contributed by atoms with Gasteiger partial charge in [-0.3, -0.25) is 24.6 Å². The minimum absolute atomic E-state index is 0.000463. The normalized spacial score (nSPS) is 20.0. The average Bonchev–Trinajstić information content (AvgIpc) is 3.84. The molecule has 5 heterocycles. The molecule has 0 radical (unpaired) electrons. The second-order valence-corrected chi connectivity index (χ2v) is 18.9. The molecule has 0 spiro atoms. The number of methoxy groups -OCH3 is 2. The van der Waals surface area contributed by atoms with Gasteiger partial charge in [-0.05, 0) is 101 Å². The maximum atomic E-state index is 14.0. The van der Waals surface area contributed by atoms with E-state index in [-0.39, 0.29) is 31.3 Å². The lowest BCUT2D eigenvalue weighted by atomic mass is 9.84. The maximum absolute atomic E-state index is 14.0. The van der Waals surface area contributed by atoms with E-state index in [2.05, 4.69) is 53.4 Å². The number of amides is 2. The van der Waals surface area contributed by atoms with Gasteiger partial charge in [0.15, 0.2) is 0 Å². The first kappa shape index (κ1) is 46.4. The summed E-state index contributed by atoms with van der Waals surface area (Å²) in [6.07, 6.45) is 4.56. The van der Waals surface area contributed by atoms with Crippen molar-refractivity contribution in [3.8, 4) is 11.3 Å². The summed E-state index contributed by atoms with van der Waals surface area (Å²) >= 11 is 1.55. The van der Waals surface area contributed by atoms with E-state index in [1.165, 1.54) is 12.1 Å². The number of carbonyl (C=O) groups is 3. The van der Waals surface area contributed by atoms with Crippen molar-refractivity contribution in [3.63, 3.8) is 0 Å². The van der Waals surface area contributed by atoms with Crippen molar-refractivity contribution in [2.75, 3.05) is 52.9 Å². The Morgan fingerprint density at radius 2 is 1.87 bits per heavy atom. The molecule has 2 amide bonds. The molecule has 1 unspecified atom stereocenters. The fraction of sp³-hybridized carbons (Fsp3) is 0.622. The first-order valence-electron chi connectivity index (χ1n) is 21.4. The van der Waals surface area contributed by atoms with E-state index in [0.29, 0.717) is 57.9 Å². The fourth-order valence-electron chi connectivity index (χ4n) is 8.09. The van der Waals surface area contributed by atoms with Crippen LogP contribution in [-0.4, -0.2) is 119 Å². The molecule has 61 heavy (non-hydrogen) atoms. The number of carbonyl (C=O) groups excluding carboxylic acids is 3. The van der Waals surface area contributed by atoms with Gasteiger partial charge in [-0.25, -0.2) is 10.2 Å². The number of nitrogens with zero attached hydrogens (tertiary/aromatic N) is 4. The first-order valence-corrected chi connectivity index (χ1v) is 22.4. The zero-order valence-corrected chi connectivity index (χ0v) is 37.8. The number of alkyl carbamates (subject to hydrolysis) is 1. The minimum atomic E-state index is -0.998. The first-order chi connectivity index (χ1) is 29.1. The summed E-state index contributed by atoms with van der Waals surface area (Å²) in [5, 5.41) is 16.6. The highest BCUT2D eigenvalue weighted by molar-refractivity contribution is 8.14. The van der Waals surface area contributed by atoms with Crippen LogP contribution in [0.25, 0.3) is 22.2 Å². The third-order valence-electron chi connectivity index (χ3n) is 11.3. The molecule has 0 aliphatic carbocycles. The van der Waals surface area contributed by atoms with Crippen LogP contribution in [0.1, 0.15) is 103 Å². The number of benzene rings is 1. The Hall–Kier alpha value is -4.06. The fourth-order valence-corrected chi connectivity index (χ4v) is 9.19. The van der Waals surface area contributed by atoms with Gasteiger partial charge in [-0.15, -0.1) is 11.8 Å². The molecule has 2 saturated heterocycles. The van der Waals surface area contributed by atoms with Gasteiger partial charge in [-0.1, -0.05) is 19.9 Å². The summed E-state index contributed by atoms with van der Waals surface area (Å²) < 4.78 is 30.7. The van der Waals surface area contributed by atoms with Gasteiger partial charge in [0.1, 0.15) is 17.7 Å². The Labute approximate surface area is 363 Å². The smallest absolute Gasteiger partial charge is 0.408 e. The Morgan fingerprint density at radius 1 is 1.10 bits per heavy atom. The summed E-state index contributed by atoms with van der Waals surface area (Å²) in [5.74, 6) is -0.206. The lowest BCUT2D eigenvalue weighted by molar-refractivity contribution is -0.150. The van der Waals surface area contributed by atoms with E-state index < -0.39 is 41.1 Å². The SMILES string of the molecule is COC(=O)[C@@H]1CCCN(C(=O)[C@H](CC2=NC(c3ccc4c(c3)c(CC(C)(C)CO)c(-c3cccnc3[C@H](C)OC)n4CCOC3CCOCC3)CS2)NC(=O)OC(C)(C)C)N1. The van der Waals surface area contributed by atoms with Crippen LogP contribution in [-0.2, 0) is 46.2 Å². The van der Waals surface area contributed by atoms with Gasteiger partial charge in [-0.2, -0.15) is 0 Å². The summed E-state index contributed by atoms with van der Waals surface area (Å²) in [6.45, 7) is 14.3. The third-order valence-corrected chi connectivity index (χ3v) is 12.4. The number of hydrogen-bond donors (Lipinski definition) is 3. The second kappa shape index (κ2) is 20.4. The van der Waals surface area contributed by atoms with Crippen LogP contribution in [0.15, 0.2) is 41.5 Å². The molecule has 3 N–H and O–H groups in total. The molecule has 3 aliphatic heterocycles. The predicted octanol–water partition coefficient (Wildman–Crippen LogP) is 6.31. The van der Waals surface area contributed by atoms with Gasteiger partial charge < -0.3 is 38.7 Å². The molecule has 3 aromatic rings. The van der Waals surface area contributed by atoms with Crippen LogP contribution in [0, 0.1) is 5.41 Å². The molecule has 2 aromatic heterocycles. The van der Waals surface area contributed by atoms with Crippen molar-refractivity contribution >= 4 is 45.7 Å². The highest BCUT2D eigenvalue weighted by atomic mass is 32.2. The number of nitrogens with one attached hydrogen (secondary N) is 2. The van der Waals surface area contributed by atoms with Crippen molar-refractivity contribution in [3.05, 3.63) is 53.3 Å². The van der Waals surface area contributed by atoms with Crippen LogP contribution >= 0.6 is 11.8 Å². The van der Waals surface area contributed by atoms with Crippen molar-refractivity contribution in [1.29, 1.82) is 0 Å². The number of esters is 1. The Kier molecular flexibility index (Phi) is 15.5. The number of pyridine rings is 1. The standard InChI is InChI=1S/C45H64N6O9S/c1-28(56-7)39-31(11-9-17-46-39)40-33(25-45(5,6)27-52)32-23-29(13-14-37(32)50(40)19-22-59-30-15-20-58-21-16-30)36-26-61-38(47-36)24-35(48-43(55)60-44(2,3)4)41(53)51-18-10-12-34(49-51)42(54)57-8/h9,11,13-14,17,23,28,30,34-36,49,52H,10,12,15-16,18-22,24-27H2,1-8H3,(H,48,55)/t28-,34-,35-,36?/m0/s1. The zero-order chi connectivity index (χ0) is 43.9. The van der Waals surface area contributed by atoms with Crippen molar-refractivity contribution in [1.82, 2.24) is 25.3 Å². The predicted molar refractivity (Wildman–Crippen MR) is 235 cm³/mol. The Balaban J connectivity index is 1.36. The third kappa shape index (κ3) is 11.7. The molecule has 0 saturated carbocycles. The van der Waals surface area contributed by atoms with Crippen LogP contribution in [0.3, 0.4) is 0 Å². The van der Waals surface area contributed by atoms with Crippen LogP contribution in [0.5, 0.6) is 0 Å². The van der Waals surface area contributed by atoms with E-state index in [1.807, 2.05) is 13.0 Å². The topological polar surface area (TPSA) is 175 Å². The van der Waals surface area contributed by atoms with E-state index in [1.54, 1.807) is 45.8 Å². The number of hydrogen-bond acceptors (Lipinski definition) is 13. The monoisotopic (exact) mass is 864 g/mol. The van der Waals surface area contributed by atoms with Crippen molar-refractivity contribution < 1.29 is 43.2 Å². The summed E-state index contributed by atoms with van der Waals surface area (Å²) in [6, 6.07) is 8.66. The zero-order valence-electron chi connectivity index (χ0n) is 37.0. The molecular formula is C45H64N6O9S. The van der Waals surface area contributed by atoms with E-state index in [4.69, 9.17) is 33.7 Å². The highest BCUT2D eigenvalue weighted by Gasteiger charge is 2.36. The number of thioether (sulfide) groups is 1. The quantitative estimate of drug-likeness (QED) is 0.137. The number of hydrazine groups is 1. The number of rotatable bonds is 16. The van der Waals surface area contributed by atoms with Crippen LogP contribution < -0.4 is 10.7 Å². The Morgan fingerprint density at radius 3 is 2.57 bits per heavy atom. The minimum Gasteiger partial charge on any atom is -0.468 e. The molecular weight excluding hydrogens is 801 g/mol. The average molecular weight is 865 g/mol. The van der Waals surface area contributed by atoms with Gasteiger partial charge in [0.2, 0.25) is 0 Å². The molecule has 4 atom stereocenters. The number of aromatic nitrogens is 2. The van der Waals surface area contributed by atoms with Gasteiger partial charge in [0.25, 0.3) is 5.91 Å². The molecule has 334 valence electrons. The molecule has 1 aromatic carbocycles. The van der Waals surface area contributed by atoms with Crippen LogP contribution in [0.4, 0.5) is 4.79 Å². The van der Waals surface area contributed by atoms with E-state index >= 15 is 0 Å². The summed E-state index contributed by atoms with van der Waals surface area (Å²) in [4.78, 5) is 49.5. The van der Waals surface area contributed by atoms with Gasteiger partial charge in [0.05, 0.1) is 48.4 Å². The van der Waals surface area contributed by atoms with Crippen molar-refractivity contribution in [2.45, 2.75) is 123 Å². The van der Waals surface area contributed by atoms with Gasteiger partial charge >= 0.3 is 12.1 Å². The Bertz CT molecular complexity index is 2040. The maximum Gasteiger partial charge on any atom is 0.408 e. The molecule has 6 rings (SSSR count). The number of aliphatic hydroxyl groups is 1. The summed E-state index contributed by atoms with van der Waals surface area (Å²) in [5.41, 5.74) is 7.76. The molecule has 3 aliphatic rings. The van der Waals surface area contributed by atoms with Gasteiger partial charge in [0, 0.05) is 74.9 Å². The lowest BCUT2D eigenvalue weighted by Gasteiger charge is -2.35. The number of fused-ring (bicyclic) bond motifs is 1. The molecule has 2 fully saturated rings. The van der Waals surface area contributed by atoms with E-state index in [9.17, 15) is 19.5 Å². The molecule has 16 heteroatoms. The van der Waals surface area contributed by atoms with Crippen molar-refractivity contribution in [2.24, 2.45) is 10.4 Å². The van der Waals surface area contributed by atoms with Crippen LogP contribution in [0.2, 0.25) is 0 Å². The summed E-state index contributed by atoms with van der Waals surface area (Å²) in [7, 11) is 3.00. The van der Waals surface area contributed by atoms with E-state index in [0.717, 1.165) is 56.9 Å². The largest absolute Gasteiger partial charge is 0.468 e. The molecule has 15 nitrogen and oxygen atoms in total.